The van der Waals surface area contributed by atoms with Gasteiger partial charge in [-0.15, -0.1) is 0 Å². The number of amides is 1. The third-order valence-corrected chi connectivity index (χ3v) is 3.23. The molecular weight excluding hydrogens is 256 g/mol. The summed E-state index contributed by atoms with van der Waals surface area (Å²) in [6.07, 6.45) is 2.07. The maximum Gasteiger partial charge on any atom is 0.220 e. The molecule has 0 aliphatic heterocycles. The summed E-state index contributed by atoms with van der Waals surface area (Å²) in [5.74, 6) is -0.0120. The Kier molecular flexibility index (Phi) is 6.74. The zero-order valence-corrected chi connectivity index (χ0v) is 12.1. The van der Waals surface area contributed by atoms with Crippen molar-refractivity contribution in [3.8, 4) is 6.07 Å². The molecule has 110 valence electrons. The first kappa shape index (κ1) is 16.2. The van der Waals surface area contributed by atoms with Crippen LogP contribution in [0.15, 0.2) is 0 Å². The molecule has 20 heavy (non-hydrogen) atoms. The maximum absolute atomic E-state index is 11.6. The second-order valence-corrected chi connectivity index (χ2v) is 4.71. The van der Waals surface area contributed by atoms with Gasteiger partial charge in [-0.3, -0.25) is 9.48 Å². The molecule has 0 aromatic carbocycles. The number of hydrogen-bond acceptors (Lipinski definition) is 4. The van der Waals surface area contributed by atoms with Crippen molar-refractivity contribution in [3.05, 3.63) is 17.0 Å². The topological polar surface area (TPSA) is 90.9 Å². The summed E-state index contributed by atoms with van der Waals surface area (Å²) >= 11 is 0. The van der Waals surface area contributed by atoms with E-state index in [9.17, 15) is 4.79 Å². The first-order valence-electron chi connectivity index (χ1n) is 6.87. The van der Waals surface area contributed by atoms with E-state index >= 15 is 0 Å². The van der Waals surface area contributed by atoms with Crippen LogP contribution >= 0.6 is 0 Å². The largest absolute Gasteiger partial charge is 0.396 e. The van der Waals surface area contributed by atoms with Crippen LogP contribution in [0.5, 0.6) is 0 Å². The van der Waals surface area contributed by atoms with Gasteiger partial charge in [-0.2, -0.15) is 10.4 Å². The Labute approximate surface area is 119 Å². The first-order chi connectivity index (χ1) is 9.60. The summed E-state index contributed by atoms with van der Waals surface area (Å²) in [5, 5.41) is 24.4. The van der Waals surface area contributed by atoms with Crippen LogP contribution < -0.4 is 5.32 Å². The van der Waals surface area contributed by atoms with E-state index in [4.69, 9.17) is 10.4 Å². The molecule has 1 amide bonds. The monoisotopic (exact) mass is 278 g/mol. The van der Waals surface area contributed by atoms with E-state index in [1.54, 1.807) is 0 Å². The molecule has 0 radical (unpaired) electrons. The average Bonchev–Trinajstić information content (AvgIpc) is 2.69. The summed E-state index contributed by atoms with van der Waals surface area (Å²) in [7, 11) is 0. The number of aromatic nitrogens is 2. The number of hydrogen-bond donors (Lipinski definition) is 2. The molecule has 6 nitrogen and oxygen atoms in total. The van der Waals surface area contributed by atoms with Crippen molar-refractivity contribution in [1.82, 2.24) is 15.1 Å². The van der Waals surface area contributed by atoms with Gasteiger partial charge >= 0.3 is 0 Å². The molecule has 1 aromatic heterocycles. The Balaban J connectivity index is 2.53. The van der Waals surface area contributed by atoms with E-state index < -0.39 is 0 Å². The van der Waals surface area contributed by atoms with Gasteiger partial charge in [0.25, 0.3) is 0 Å². The Morgan fingerprint density at radius 3 is 2.90 bits per heavy atom. The molecule has 0 unspecified atom stereocenters. The number of nitrogens with zero attached hydrogens (tertiary/aromatic N) is 3. The number of aliphatic hydroxyl groups is 1. The minimum absolute atomic E-state index is 0.0120. The lowest BCUT2D eigenvalue weighted by Gasteiger charge is -2.05. The number of carbonyl (C=O) groups is 1. The smallest absolute Gasteiger partial charge is 0.220 e. The van der Waals surface area contributed by atoms with Crippen LogP contribution in [0.4, 0.5) is 0 Å². The predicted molar refractivity (Wildman–Crippen MR) is 75.0 cm³/mol. The molecule has 1 aromatic rings. The van der Waals surface area contributed by atoms with Crippen LogP contribution in [-0.2, 0) is 17.8 Å². The molecular formula is C14H22N4O2. The van der Waals surface area contributed by atoms with Gasteiger partial charge in [0.15, 0.2) is 0 Å². The van der Waals surface area contributed by atoms with E-state index in [1.807, 2.05) is 18.5 Å². The zero-order chi connectivity index (χ0) is 15.0. The van der Waals surface area contributed by atoms with Gasteiger partial charge in [0.2, 0.25) is 5.91 Å². The lowest BCUT2D eigenvalue weighted by Crippen LogP contribution is -2.25. The molecule has 0 aliphatic rings. The highest BCUT2D eigenvalue weighted by Crippen LogP contribution is 2.15. The summed E-state index contributed by atoms with van der Waals surface area (Å²) in [5.41, 5.74) is 3.03. The lowest BCUT2D eigenvalue weighted by atomic mass is 10.1. The number of rotatable bonds is 8. The first-order valence-corrected chi connectivity index (χ1v) is 6.87. The number of carbonyl (C=O) groups excluding carboxylic acids is 1. The molecule has 0 saturated heterocycles. The van der Waals surface area contributed by atoms with Gasteiger partial charge < -0.3 is 10.4 Å². The van der Waals surface area contributed by atoms with E-state index in [1.165, 1.54) is 0 Å². The lowest BCUT2D eigenvalue weighted by molar-refractivity contribution is -0.121. The Hall–Kier alpha value is -1.87. The fraction of sp³-hybridized carbons (Fsp3) is 0.643. The van der Waals surface area contributed by atoms with Crippen LogP contribution in [0, 0.1) is 25.2 Å². The molecule has 1 rings (SSSR count). The number of aliphatic hydroxyl groups excluding tert-OH is 1. The van der Waals surface area contributed by atoms with Crippen LogP contribution in [-0.4, -0.2) is 33.9 Å². The van der Waals surface area contributed by atoms with Crippen molar-refractivity contribution in [2.45, 2.75) is 46.1 Å². The highest BCUT2D eigenvalue weighted by Gasteiger charge is 2.12. The summed E-state index contributed by atoms with van der Waals surface area (Å²) in [4.78, 5) is 11.6. The van der Waals surface area contributed by atoms with E-state index in [-0.39, 0.29) is 12.5 Å². The van der Waals surface area contributed by atoms with Gasteiger partial charge in [0.1, 0.15) is 0 Å². The van der Waals surface area contributed by atoms with Gasteiger partial charge in [0.05, 0.1) is 24.7 Å². The molecule has 0 bridgehead atoms. The van der Waals surface area contributed by atoms with Crippen LogP contribution in [0.1, 0.15) is 36.2 Å². The molecule has 0 spiro atoms. The van der Waals surface area contributed by atoms with Crippen molar-refractivity contribution in [1.29, 1.82) is 5.26 Å². The summed E-state index contributed by atoms with van der Waals surface area (Å²) in [6.45, 7) is 5.08. The Morgan fingerprint density at radius 1 is 1.50 bits per heavy atom. The number of nitrogens with one attached hydrogen (secondary N) is 1. The van der Waals surface area contributed by atoms with E-state index in [0.717, 1.165) is 17.0 Å². The summed E-state index contributed by atoms with van der Waals surface area (Å²) < 4.78 is 1.83. The highest BCUT2D eigenvalue weighted by molar-refractivity contribution is 5.76. The molecule has 1 heterocycles. The average molecular weight is 278 g/mol. The molecule has 0 atom stereocenters. The van der Waals surface area contributed by atoms with Crippen LogP contribution in [0.3, 0.4) is 0 Å². The van der Waals surface area contributed by atoms with E-state index in [2.05, 4.69) is 16.5 Å². The van der Waals surface area contributed by atoms with Crippen LogP contribution in [0.2, 0.25) is 0 Å². The minimum atomic E-state index is -0.0120. The second-order valence-electron chi connectivity index (χ2n) is 4.71. The van der Waals surface area contributed by atoms with Gasteiger partial charge in [0, 0.05) is 25.3 Å². The number of aryl methyl sites for hydroxylation is 2. The minimum Gasteiger partial charge on any atom is -0.396 e. The van der Waals surface area contributed by atoms with Crippen molar-refractivity contribution >= 4 is 5.91 Å². The molecule has 0 aliphatic carbocycles. The van der Waals surface area contributed by atoms with Crippen molar-refractivity contribution in [3.63, 3.8) is 0 Å². The quantitative estimate of drug-likeness (QED) is 0.689. The normalized spacial score (nSPS) is 10.3. The molecule has 0 fully saturated rings. The SMILES string of the molecule is Cc1nn(CCC#N)c(C)c1CCC(=O)NCCCO. The van der Waals surface area contributed by atoms with Gasteiger partial charge in [-0.05, 0) is 32.3 Å². The standard InChI is InChI=1S/C14H22N4O2/c1-11-13(5-6-14(20)16-8-4-10-19)12(2)18(17-11)9-3-7-15/h19H,3-6,8-10H2,1-2H3,(H,16,20). The third kappa shape index (κ3) is 4.67. The van der Waals surface area contributed by atoms with E-state index in [0.29, 0.717) is 38.8 Å². The zero-order valence-electron chi connectivity index (χ0n) is 12.1. The fourth-order valence-corrected chi connectivity index (χ4v) is 2.10. The third-order valence-electron chi connectivity index (χ3n) is 3.23. The van der Waals surface area contributed by atoms with Crippen LogP contribution in [0.25, 0.3) is 0 Å². The Bertz CT molecular complexity index is 488. The predicted octanol–water partition coefficient (Wildman–Crippen LogP) is 0.845. The summed E-state index contributed by atoms with van der Waals surface area (Å²) in [6, 6.07) is 2.11. The van der Waals surface area contributed by atoms with Crippen molar-refractivity contribution in [2.24, 2.45) is 0 Å². The second kappa shape index (κ2) is 8.33. The van der Waals surface area contributed by atoms with Gasteiger partial charge in [-0.25, -0.2) is 0 Å². The van der Waals surface area contributed by atoms with Gasteiger partial charge in [-0.1, -0.05) is 0 Å². The molecule has 6 heteroatoms. The molecule has 2 N–H and O–H groups in total. The van der Waals surface area contributed by atoms with Crippen molar-refractivity contribution in [2.75, 3.05) is 13.2 Å². The highest BCUT2D eigenvalue weighted by atomic mass is 16.3. The molecule has 0 saturated carbocycles. The fourth-order valence-electron chi connectivity index (χ4n) is 2.10. The van der Waals surface area contributed by atoms with Crippen molar-refractivity contribution < 1.29 is 9.90 Å². The number of nitriles is 1. The Morgan fingerprint density at radius 2 is 2.25 bits per heavy atom. The maximum atomic E-state index is 11.6.